The van der Waals surface area contributed by atoms with Gasteiger partial charge in [0.25, 0.3) is 0 Å². The molecule has 0 aliphatic carbocycles. The maximum absolute atomic E-state index is 10.4. The minimum absolute atomic E-state index is 0.190. The number of nitrogens with zero attached hydrogens (tertiary/aromatic N) is 6. The zero-order chi connectivity index (χ0) is 37.5. The van der Waals surface area contributed by atoms with E-state index in [4.69, 9.17) is 9.52 Å². The summed E-state index contributed by atoms with van der Waals surface area (Å²) in [7, 11) is 5.23. The lowest BCUT2D eigenvalue weighted by molar-refractivity contribution is 0.277. The molecular formula is C41H58N8O3. The molecule has 1 saturated heterocycles. The Morgan fingerprint density at radius 3 is 2.60 bits per heavy atom. The summed E-state index contributed by atoms with van der Waals surface area (Å²) >= 11 is 0. The molecule has 4 heterocycles. The van der Waals surface area contributed by atoms with Crippen LogP contribution in [0.1, 0.15) is 83.0 Å². The molecule has 0 radical (unpaired) electrons. The molecule has 0 bridgehead atoms. The second-order valence-electron chi connectivity index (χ2n) is 13.8. The zero-order valence-corrected chi connectivity index (χ0v) is 32.1. The van der Waals surface area contributed by atoms with Crippen molar-refractivity contribution in [3.63, 3.8) is 0 Å². The summed E-state index contributed by atoms with van der Waals surface area (Å²) in [5, 5.41) is 28.0. The van der Waals surface area contributed by atoms with Crippen LogP contribution in [-0.4, -0.2) is 85.8 Å². The van der Waals surface area contributed by atoms with Crippen molar-refractivity contribution in [2.75, 3.05) is 52.3 Å². The quantitative estimate of drug-likeness (QED) is 0.0780. The van der Waals surface area contributed by atoms with Crippen molar-refractivity contribution < 1.29 is 14.4 Å². The molecule has 5 rings (SSSR count). The summed E-state index contributed by atoms with van der Waals surface area (Å²) in [6.07, 6.45) is 13.0. The summed E-state index contributed by atoms with van der Waals surface area (Å²) in [5.74, 6) is 3.36. The summed E-state index contributed by atoms with van der Waals surface area (Å²) in [5.41, 5.74) is 5.71. The van der Waals surface area contributed by atoms with E-state index < -0.39 is 0 Å². The van der Waals surface area contributed by atoms with Crippen molar-refractivity contribution in [3.05, 3.63) is 77.3 Å². The van der Waals surface area contributed by atoms with E-state index in [1.807, 2.05) is 43.9 Å². The van der Waals surface area contributed by atoms with E-state index in [0.29, 0.717) is 29.6 Å². The molecule has 1 aromatic carbocycles. The summed E-state index contributed by atoms with van der Waals surface area (Å²) in [4.78, 5) is 14.7. The Morgan fingerprint density at radius 2 is 1.92 bits per heavy atom. The first kappa shape index (κ1) is 40.2. The van der Waals surface area contributed by atoms with Crippen molar-refractivity contribution in [3.8, 4) is 17.0 Å². The molecule has 1 aliphatic heterocycles. The highest BCUT2D eigenvalue weighted by atomic mass is 16.5. The number of hydrogen-bond donors (Lipinski definition) is 3. The van der Waals surface area contributed by atoms with Crippen LogP contribution >= 0.6 is 0 Å². The van der Waals surface area contributed by atoms with Crippen LogP contribution in [0.4, 0.5) is 5.82 Å². The Hall–Kier alpha value is -4.61. The van der Waals surface area contributed by atoms with Gasteiger partial charge < -0.3 is 29.6 Å². The van der Waals surface area contributed by atoms with Gasteiger partial charge >= 0.3 is 0 Å². The molecule has 52 heavy (non-hydrogen) atoms. The van der Waals surface area contributed by atoms with Crippen LogP contribution in [0.15, 0.2) is 80.5 Å². The fourth-order valence-corrected chi connectivity index (χ4v) is 7.17. The fourth-order valence-electron chi connectivity index (χ4n) is 7.17. The van der Waals surface area contributed by atoms with Gasteiger partial charge in [0.2, 0.25) is 0 Å². The molecule has 11 nitrogen and oxygen atoms in total. The number of ether oxygens (including phenoxy) is 1. The van der Waals surface area contributed by atoms with Crippen LogP contribution in [0.25, 0.3) is 22.3 Å². The molecule has 3 aromatic heterocycles. The fraction of sp³-hybridized carbons (Fsp3) is 0.488. The number of para-hydroxylation sites is 1. The normalized spacial score (nSPS) is 15.7. The van der Waals surface area contributed by atoms with Crippen LogP contribution in [0.5, 0.6) is 5.75 Å². The summed E-state index contributed by atoms with van der Waals surface area (Å²) in [6, 6.07) is 11.4. The molecule has 3 N–H and O–H groups in total. The monoisotopic (exact) mass is 710 g/mol. The van der Waals surface area contributed by atoms with Gasteiger partial charge in [0.05, 0.1) is 5.69 Å². The molecule has 0 spiro atoms. The number of hydrogen-bond acceptors (Lipinski definition) is 10. The number of benzene rings is 1. The van der Waals surface area contributed by atoms with Crippen LogP contribution in [0.3, 0.4) is 0 Å². The van der Waals surface area contributed by atoms with E-state index in [2.05, 4.69) is 86.8 Å². The number of anilines is 1. The Labute approximate surface area is 309 Å². The van der Waals surface area contributed by atoms with Crippen molar-refractivity contribution >= 4 is 29.8 Å². The van der Waals surface area contributed by atoms with Crippen LogP contribution in [-0.2, 0) is 4.74 Å². The Balaban J connectivity index is 0.00000195. The lowest BCUT2D eigenvalue weighted by Crippen LogP contribution is -2.34. The lowest BCUT2D eigenvalue weighted by atomic mass is 9.86. The first-order chi connectivity index (χ1) is 25.3. The SMILES string of the molecule is C=N/C=C(\C=NCCC(CCNC)c1c[nH]c2nnc(-c3ccccc3O)cc12)C1CCN(c2cc(C(/C(C)=C\CC)C(C)C)on2)CC1.COC. The van der Waals surface area contributed by atoms with E-state index in [-0.39, 0.29) is 17.6 Å². The minimum Gasteiger partial charge on any atom is -0.507 e. The third-order valence-electron chi connectivity index (χ3n) is 9.72. The van der Waals surface area contributed by atoms with Crippen molar-refractivity contribution in [1.29, 1.82) is 0 Å². The third-order valence-corrected chi connectivity index (χ3v) is 9.72. The smallest absolute Gasteiger partial charge is 0.172 e. The number of methoxy groups -OCH3 is 1. The van der Waals surface area contributed by atoms with Crippen LogP contribution < -0.4 is 10.2 Å². The van der Waals surface area contributed by atoms with Gasteiger partial charge in [0.15, 0.2) is 11.5 Å². The number of rotatable bonds is 16. The molecule has 0 amide bonds. The van der Waals surface area contributed by atoms with Crippen molar-refractivity contribution in [1.82, 2.24) is 25.7 Å². The molecule has 2 unspecified atom stereocenters. The predicted octanol–water partition coefficient (Wildman–Crippen LogP) is 8.33. The Morgan fingerprint density at radius 1 is 1.17 bits per heavy atom. The average Bonchev–Trinajstić information content (AvgIpc) is 3.79. The van der Waals surface area contributed by atoms with Gasteiger partial charge in [-0.3, -0.25) is 9.98 Å². The first-order valence-electron chi connectivity index (χ1n) is 18.5. The van der Waals surface area contributed by atoms with Gasteiger partial charge in [-0.05, 0) is 106 Å². The molecule has 11 heteroatoms. The minimum atomic E-state index is 0.190. The molecule has 1 aliphatic rings. The first-order valence-corrected chi connectivity index (χ1v) is 18.5. The van der Waals surface area contributed by atoms with Gasteiger partial charge in [-0.25, -0.2) is 0 Å². The van der Waals surface area contributed by atoms with E-state index in [1.165, 1.54) is 11.1 Å². The van der Waals surface area contributed by atoms with Gasteiger partial charge in [-0.2, -0.15) is 0 Å². The maximum Gasteiger partial charge on any atom is 0.172 e. The van der Waals surface area contributed by atoms with Gasteiger partial charge in [-0.15, -0.1) is 10.2 Å². The number of allylic oxidation sites excluding steroid dienone is 3. The topological polar surface area (TPSA) is 137 Å². The predicted molar refractivity (Wildman–Crippen MR) is 214 cm³/mol. The second kappa shape index (κ2) is 20.4. The average molecular weight is 711 g/mol. The van der Waals surface area contributed by atoms with Crippen molar-refractivity contribution in [2.45, 2.75) is 71.6 Å². The highest BCUT2D eigenvalue weighted by Gasteiger charge is 2.27. The number of phenolic OH excluding ortho intramolecular Hbond substituents is 1. The standard InChI is InChI=1S/C39H52N8O2.C2H6O/c1-7-10-27(4)38(26(2)3)36-22-37(46-49-36)47-19-15-28(16-20-47)30(23-41-6)24-42-18-14-29(13-17-40-5)33-25-43-39-32(33)21-34(44-45-39)31-11-8-9-12-35(31)48;1-3-2/h8-12,21-26,28-29,38,40,48H,6-7,13-20H2,1-5H3,(H,43,45);1-2H3/b27-10-,30-23+,42-24?;. The number of aromatic hydroxyl groups is 1. The van der Waals surface area contributed by atoms with E-state index in [1.54, 1.807) is 26.4 Å². The maximum atomic E-state index is 10.4. The number of aromatic amines is 1. The number of aromatic nitrogens is 4. The van der Waals surface area contributed by atoms with Crippen LogP contribution in [0.2, 0.25) is 0 Å². The van der Waals surface area contributed by atoms with Crippen molar-refractivity contribution in [2.24, 2.45) is 21.8 Å². The number of nitrogens with one attached hydrogen (secondary N) is 2. The number of fused-ring (bicyclic) bond motifs is 1. The highest BCUT2D eigenvalue weighted by Crippen LogP contribution is 2.36. The number of piperidine rings is 1. The largest absolute Gasteiger partial charge is 0.507 e. The Bertz CT molecular complexity index is 1780. The third kappa shape index (κ3) is 10.5. The number of H-pyrrole nitrogens is 1. The molecule has 0 saturated carbocycles. The van der Waals surface area contributed by atoms with Gasteiger partial charge in [0, 0.05) is 75.4 Å². The van der Waals surface area contributed by atoms with Crippen LogP contribution in [0, 0.1) is 11.8 Å². The second-order valence-corrected chi connectivity index (χ2v) is 13.8. The molecule has 2 atom stereocenters. The molecule has 1 fully saturated rings. The van der Waals surface area contributed by atoms with E-state index in [0.717, 1.165) is 79.9 Å². The van der Waals surface area contributed by atoms with E-state index in [9.17, 15) is 5.11 Å². The van der Waals surface area contributed by atoms with Gasteiger partial charge in [0.1, 0.15) is 11.5 Å². The van der Waals surface area contributed by atoms with Gasteiger partial charge in [-0.1, -0.05) is 49.7 Å². The van der Waals surface area contributed by atoms with E-state index >= 15 is 0 Å². The zero-order valence-electron chi connectivity index (χ0n) is 32.1. The molecule has 280 valence electrons. The Kier molecular flexibility index (Phi) is 15.8. The number of aliphatic imine (C=N–C) groups is 2. The highest BCUT2D eigenvalue weighted by molar-refractivity contribution is 5.84. The molecule has 4 aromatic rings. The summed E-state index contributed by atoms with van der Waals surface area (Å²) < 4.78 is 10.2. The molecular weight excluding hydrogens is 653 g/mol. The summed E-state index contributed by atoms with van der Waals surface area (Å²) in [6.45, 7) is 15.9. The lowest BCUT2D eigenvalue weighted by Gasteiger charge is -2.32. The number of phenols is 1.